The van der Waals surface area contributed by atoms with Crippen LogP contribution in [0.4, 0.5) is 17.1 Å². The lowest BCUT2D eigenvalue weighted by Crippen LogP contribution is -2.09. The number of hydrogen-bond donors (Lipinski definition) is 0. The van der Waals surface area contributed by atoms with Crippen LogP contribution in [0.15, 0.2) is 179 Å². The van der Waals surface area contributed by atoms with Crippen LogP contribution in [0.2, 0.25) is 0 Å². The number of benzene rings is 9. The number of furan rings is 1. The minimum atomic E-state index is 0.584. The molecule has 12 rings (SSSR count). The Morgan fingerprint density at radius 1 is 0.426 bits per heavy atom. The molecule has 0 saturated heterocycles. The molecule has 0 atom stereocenters. The van der Waals surface area contributed by atoms with E-state index in [2.05, 4.69) is 144 Å². The van der Waals surface area contributed by atoms with Crippen molar-refractivity contribution in [2.45, 2.75) is 0 Å². The van der Waals surface area contributed by atoms with Gasteiger partial charge < -0.3 is 13.7 Å². The predicted molar refractivity (Wildman–Crippen MR) is 227 cm³/mol. The Balaban J connectivity index is 1.06. The molecule has 0 aliphatic heterocycles. The average Bonchev–Trinajstić information content (AvgIpc) is 3.94. The maximum absolute atomic E-state index is 6.66. The number of rotatable bonds is 4. The first-order valence-electron chi connectivity index (χ1n) is 18.1. The molecule has 5 heteroatoms. The number of hydrogen-bond acceptors (Lipinski definition) is 5. The third kappa shape index (κ3) is 4.39. The minimum Gasteiger partial charge on any atom is -0.456 e. The molecule has 3 aromatic heterocycles. The minimum absolute atomic E-state index is 0.584. The summed E-state index contributed by atoms with van der Waals surface area (Å²) in [4.78, 5) is 7.31. The lowest BCUT2D eigenvalue weighted by atomic mass is 10.0. The van der Waals surface area contributed by atoms with Crippen LogP contribution in [0.25, 0.3) is 97.0 Å². The molecule has 0 radical (unpaired) electrons. The van der Waals surface area contributed by atoms with Gasteiger partial charge in [0.15, 0.2) is 5.58 Å². The fraction of sp³-hybridized carbons (Fsp3) is 0. The smallest absolute Gasteiger partial charge is 0.228 e. The second kappa shape index (κ2) is 11.3. The van der Waals surface area contributed by atoms with Crippen LogP contribution in [-0.2, 0) is 0 Å². The molecule has 0 amide bonds. The molecule has 0 unspecified atom stereocenters. The summed E-state index contributed by atoms with van der Waals surface area (Å²) in [5.41, 5.74) is 7.31. The normalized spacial score (nSPS) is 12.1. The monoisotopic (exact) mass is 708 g/mol. The Kier molecular flexibility index (Phi) is 6.18. The maximum Gasteiger partial charge on any atom is 0.228 e. The van der Waals surface area contributed by atoms with Gasteiger partial charge in [-0.25, -0.2) is 4.98 Å². The fourth-order valence-corrected chi connectivity index (χ4v) is 9.44. The van der Waals surface area contributed by atoms with Crippen LogP contribution < -0.4 is 4.90 Å². The number of anilines is 3. The number of oxazole rings is 1. The molecular weight excluding hydrogens is 681 g/mol. The van der Waals surface area contributed by atoms with E-state index in [0.29, 0.717) is 5.89 Å². The predicted octanol–water partition coefficient (Wildman–Crippen LogP) is 14.7. The molecule has 0 aliphatic carbocycles. The number of fused-ring (bicyclic) bond motifs is 12. The molecule has 4 nitrogen and oxygen atoms in total. The highest BCUT2D eigenvalue weighted by atomic mass is 32.1. The van der Waals surface area contributed by atoms with E-state index >= 15 is 0 Å². The molecule has 0 bridgehead atoms. The molecule has 0 fully saturated rings. The Labute approximate surface area is 312 Å². The Hall–Kier alpha value is -6.95. The van der Waals surface area contributed by atoms with Crippen molar-refractivity contribution in [2.75, 3.05) is 4.90 Å². The summed E-state index contributed by atoms with van der Waals surface area (Å²) in [6.45, 7) is 0. The lowest BCUT2D eigenvalue weighted by Gasteiger charge is -2.26. The van der Waals surface area contributed by atoms with E-state index in [4.69, 9.17) is 13.8 Å². The van der Waals surface area contributed by atoms with Gasteiger partial charge in [-0.2, -0.15) is 0 Å². The zero-order valence-electron chi connectivity index (χ0n) is 28.8. The van der Waals surface area contributed by atoms with Gasteiger partial charge in [-0.3, -0.25) is 0 Å². The highest BCUT2D eigenvalue weighted by Gasteiger charge is 2.21. The van der Waals surface area contributed by atoms with Crippen LogP contribution >= 0.6 is 11.3 Å². The average molecular weight is 709 g/mol. The molecule has 0 saturated carbocycles. The van der Waals surface area contributed by atoms with Crippen LogP contribution in [0, 0.1) is 0 Å². The van der Waals surface area contributed by atoms with E-state index in [1.807, 2.05) is 41.7 Å². The van der Waals surface area contributed by atoms with Crippen molar-refractivity contribution >= 4 is 114 Å². The second-order valence-electron chi connectivity index (χ2n) is 13.9. The van der Waals surface area contributed by atoms with Crippen molar-refractivity contribution in [1.29, 1.82) is 0 Å². The molecule has 9 aromatic carbocycles. The van der Waals surface area contributed by atoms with Crippen molar-refractivity contribution in [2.24, 2.45) is 0 Å². The summed E-state index contributed by atoms with van der Waals surface area (Å²) in [5, 5.41) is 11.7. The summed E-state index contributed by atoms with van der Waals surface area (Å²) in [5.74, 6) is 0.584. The third-order valence-corrected chi connectivity index (χ3v) is 12.0. The van der Waals surface area contributed by atoms with E-state index in [0.717, 1.165) is 66.4 Å². The Bertz CT molecular complexity index is 3480. The standard InChI is InChI=1S/C49H28N2O2S/c1-2-11-32-26-33(19-16-29(32)8-1)51(34-21-25-44-40(27-34)47-36-12-5-3-9-30(36)18-24-45(47)54-44)35-20-22-38-43(28-35)52-42-15-7-14-39(46(38)42)49-50-41-23-17-31-10-4-6-13-37(31)48(41)53-49/h1-28H. The van der Waals surface area contributed by atoms with E-state index < -0.39 is 0 Å². The highest BCUT2D eigenvalue weighted by Crippen LogP contribution is 2.45. The Morgan fingerprint density at radius 2 is 1.11 bits per heavy atom. The van der Waals surface area contributed by atoms with Crippen LogP contribution in [-0.4, -0.2) is 4.98 Å². The van der Waals surface area contributed by atoms with Gasteiger partial charge >= 0.3 is 0 Å². The summed E-state index contributed by atoms with van der Waals surface area (Å²) in [6, 6.07) is 60.3. The first-order chi connectivity index (χ1) is 26.7. The number of thiophene rings is 1. The van der Waals surface area contributed by atoms with Crippen molar-refractivity contribution in [3.05, 3.63) is 170 Å². The topological polar surface area (TPSA) is 42.4 Å². The van der Waals surface area contributed by atoms with E-state index in [-0.39, 0.29) is 0 Å². The van der Waals surface area contributed by atoms with Gasteiger partial charge in [-0.05, 0) is 93.7 Å². The third-order valence-electron chi connectivity index (χ3n) is 10.8. The first kappa shape index (κ1) is 29.6. The molecule has 252 valence electrons. The van der Waals surface area contributed by atoms with E-state index in [1.54, 1.807) is 0 Å². The zero-order chi connectivity index (χ0) is 35.3. The van der Waals surface area contributed by atoms with Crippen molar-refractivity contribution in [3.8, 4) is 11.5 Å². The molecular formula is C49H28N2O2S. The van der Waals surface area contributed by atoms with Gasteiger partial charge in [0, 0.05) is 65.0 Å². The van der Waals surface area contributed by atoms with E-state index in [9.17, 15) is 0 Å². The second-order valence-corrected chi connectivity index (χ2v) is 15.0. The number of aromatic nitrogens is 1. The molecule has 0 spiro atoms. The fourth-order valence-electron chi connectivity index (χ4n) is 8.34. The van der Waals surface area contributed by atoms with Crippen molar-refractivity contribution < 1.29 is 8.83 Å². The summed E-state index contributed by atoms with van der Waals surface area (Å²) < 4.78 is 15.8. The molecule has 54 heavy (non-hydrogen) atoms. The van der Waals surface area contributed by atoms with Crippen LogP contribution in [0.3, 0.4) is 0 Å². The Morgan fingerprint density at radius 3 is 2.02 bits per heavy atom. The summed E-state index contributed by atoms with van der Waals surface area (Å²) >= 11 is 1.85. The van der Waals surface area contributed by atoms with Gasteiger partial charge in [-0.15, -0.1) is 11.3 Å². The highest BCUT2D eigenvalue weighted by molar-refractivity contribution is 7.26. The lowest BCUT2D eigenvalue weighted by molar-refractivity contribution is 0.623. The molecule has 12 aromatic rings. The van der Waals surface area contributed by atoms with Crippen LogP contribution in [0.5, 0.6) is 0 Å². The quantitative estimate of drug-likeness (QED) is 0.183. The maximum atomic E-state index is 6.66. The van der Waals surface area contributed by atoms with Gasteiger partial charge in [-0.1, -0.05) is 97.1 Å². The van der Waals surface area contributed by atoms with E-state index in [1.165, 1.54) is 41.7 Å². The van der Waals surface area contributed by atoms with Gasteiger partial charge in [0.05, 0.1) is 0 Å². The molecule has 0 N–H and O–H groups in total. The van der Waals surface area contributed by atoms with Gasteiger partial charge in [0.1, 0.15) is 16.7 Å². The van der Waals surface area contributed by atoms with Gasteiger partial charge in [0.25, 0.3) is 0 Å². The first-order valence-corrected chi connectivity index (χ1v) is 18.9. The van der Waals surface area contributed by atoms with Crippen molar-refractivity contribution in [3.63, 3.8) is 0 Å². The summed E-state index contributed by atoms with van der Waals surface area (Å²) in [7, 11) is 0. The molecule has 3 heterocycles. The SMILES string of the molecule is c1ccc2cc(N(c3ccc4c(c3)oc3cccc(-c5nc6ccc7ccccc7c6o5)c34)c3ccc4sc5ccc6ccccc6c5c4c3)ccc2c1. The van der Waals surface area contributed by atoms with Crippen LogP contribution in [0.1, 0.15) is 0 Å². The van der Waals surface area contributed by atoms with Crippen molar-refractivity contribution in [1.82, 2.24) is 4.98 Å². The largest absolute Gasteiger partial charge is 0.456 e. The number of nitrogens with zero attached hydrogens (tertiary/aromatic N) is 2. The summed E-state index contributed by atoms with van der Waals surface area (Å²) in [6.07, 6.45) is 0. The van der Waals surface area contributed by atoms with Gasteiger partial charge in [0.2, 0.25) is 5.89 Å². The molecule has 0 aliphatic rings. The zero-order valence-corrected chi connectivity index (χ0v) is 29.6.